The van der Waals surface area contributed by atoms with E-state index in [2.05, 4.69) is 21.8 Å². The van der Waals surface area contributed by atoms with Gasteiger partial charge in [0, 0.05) is 24.5 Å². The maximum absolute atomic E-state index is 12.1. The average Bonchev–Trinajstić information content (AvgIpc) is 3.32. The lowest BCUT2D eigenvalue weighted by atomic mass is 10.2. The molecule has 8 heteroatoms. The summed E-state index contributed by atoms with van der Waals surface area (Å²) in [6.07, 6.45) is 1.54. The summed E-state index contributed by atoms with van der Waals surface area (Å²) in [5, 5.41) is 1.66. The van der Waals surface area contributed by atoms with Crippen molar-refractivity contribution in [1.82, 2.24) is 9.97 Å². The lowest BCUT2D eigenvalue weighted by Crippen LogP contribution is -2.12. The number of thioether (sulfide) groups is 1. The van der Waals surface area contributed by atoms with E-state index >= 15 is 0 Å². The number of esters is 1. The van der Waals surface area contributed by atoms with Crippen LogP contribution in [0.1, 0.15) is 29.8 Å². The highest BCUT2D eigenvalue weighted by Crippen LogP contribution is 2.32. The third-order valence-corrected chi connectivity index (χ3v) is 5.40. The highest BCUT2D eigenvalue weighted by atomic mass is 35.5. The quantitative estimate of drug-likeness (QED) is 0.310. The zero-order valence-electron chi connectivity index (χ0n) is 13.8. The van der Waals surface area contributed by atoms with Gasteiger partial charge in [0.05, 0.1) is 16.7 Å². The van der Waals surface area contributed by atoms with E-state index in [-0.39, 0.29) is 0 Å². The molecule has 0 saturated carbocycles. The van der Waals surface area contributed by atoms with Crippen molar-refractivity contribution in [2.45, 2.75) is 30.8 Å². The minimum atomic E-state index is -0.391. The molecular formula is C17H17Cl2N3O2S. The molecule has 1 aliphatic heterocycles. The molecule has 1 atom stereocenters. The van der Waals surface area contributed by atoms with Gasteiger partial charge in [-0.1, -0.05) is 41.0 Å². The van der Waals surface area contributed by atoms with E-state index < -0.39 is 5.97 Å². The molecule has 25 heavy (non-hydrogen) atoms. The highest BCUT2D eigenvalue weighted by Gasteiger charge is 2.34. The number of hydrogen-bond acceptors (Lipinski definition) is 6. The third kappa shape index (κ3) is 4.37. The molecule has 2 heterocycles. The van der Waals surface area contributed by atoms with Gasteiger partial charge >= 0.3 is 5.97 Å². The van der Waals surface area contributed by atoms with Crippen LogP contribution in [-0.2, 0) is 10.5 Å². The second kappa shape index (κ2) is 7.81. The van der Waals surface area contributed by atoms with E-state index in [1.165, 1.54) is 11.8 Å². The maximum atomic E-state index is 12.1. The summed E-state index contributed by atoms with van der Waals surface area (Å²) in [6, 6.07) is 5.89. The van der Waals surface area contributed by atoms with Crippen molar-refractivity contribution < 1.29 is 9.53 Å². The van der Waals surface area contributed by atoms with Gasteiger partial charge in [-0.25, -0.2) is 14.8 Å². The van der Waals surface area contributed by atoms with Crippen molar-refractivity contribution in [3.8, 4) is 0 Å². The Kier molecular flexibility index (Phi) is 5.71. The van der Waals surface area contributed by atoms with Crippen LogP contribution < -0.4 is 4.90 Å². The fraction of sp³-hybridized carbons (Fsp3) is 0.353. The molecule has 0 spiro atoms. The van der Waals surface area contributed by atoms with Crippen molar-refractivity contribution in [2.75, 3.05) is 18.1 Å². The fourth-order valence-electron chi connectivity index (χ4n) is 2.31. The molecule has 0 bridgehead atoms. The number of hydrogen-bond donors (Lipinski definition) is 0. The third-order valence-electron chi connectivity index (χ3n) is 3.73. The average molecular weight is 398 g/mol. The first-order chi connectivity index (χ1) is 12.0. The molecule has 0 radical (unpaired) electrons. The van der Waals surface area contributed by atoms with E-state index in [4.69, 9.17) is 27.9 Å². The Morgan fingerprint density at radius 3 is 2.80 bits per heavy atom. The number of rotatable bonds is 6. The molecule has 1 aromatic carbocycles. The largest absolute Gasteiger partial charge is 0.462 e. The number of carbonyl (C=O) groups excluding carboxylic acids is 1. The minimum Gasteiger partial charge on any atom is -0.462 e. The first-order valence-electron chi connectivity index (χ1n) is 7.87. The predicted molar refractivity (Wildman–Crippen MR) is 101 cm³/mol. The number of halogens is 2. The Morgan fingerprint density at radius 1 is 1.40 bits per heavy atom. The van der Waals surface area contributed by atoms with Crippen LogP contribution >= 0.6 is 35.0 Å². The molecule has 0 aliphatic carbocycles. The van der Waals surface area contributed by atoms with Crippen molar-refractivity contribution in [1.29, 1.82) is 0 Å². The molecule has 1 aromatic heterocycles. The smallest absolute Gasteiger partial charge is 0.343 e. The standard InChI is InChI=1S/C17H17Cl2N3O2S/c1-3-24-16(23)12-7-20-17(21-15(12)22-8-10(22)2)25-9-11-4-5-13(18)14(19)6-11/h4-7,10H,3,8-9H2,1-2H3/t10-,22?/m0/s1. The molecule has 3 rings (SSSR count). The summed E-state index contributed by atoms with van der Waals surface area (Å²) in [4.78, 5) is 23.0. The lowest BCUT2D eigenvalue weighted by molar-refractivity contribution is 0.0526. The van der Waals surface area contributed by atoms with Gasteiger partial charge in [0.2, 0.25) is 0 Å². The van der Waals surface area contributed by atoms with Gasteiger partial charge < -0.3 is 9.64 Å². The second-order valence-electron chi connectivity index (χ2n) is 5.65. The van der Waals surface area contributed by atoms with Crippen LogP contribution in [0.15, 0.2) is 29.6 Å². The minimum absolute atomic E-state index is 0.321. The first kappa shape index (κ1) is 18.3. The number of carbonyl (C=O) groups is 1. The number of benzene rings is 1. The normalized spacial score (nSPS) is 16.0. The van der Waals surface area contributed by atoms with Crippen LogP contribution in [0.2, 0.25) is 10.0 Å². The van der Waals surface area contributed by atoms with E-state index in [9.17, 15) is 4.79 Å². The molecule has 0 unspecified atom stereocenters. The predicted octanol–water partition coefficient (Wildman–Crippen LogP) is 4.46. The maximum Gasteiger partial charge on any atom is 0.343 e. The van der Waals surface area contributed by atoms with Gasteiger partial charge in [0.1, 0.15) is 11.4 Å². The van der Waals surface area contributed by atoms with Crippen LogP contribution in [0.25, 0.3) is 0 Å². The van der Waals surface area contributed by atoms with Crippen molar-refractivity contribution in [3.63, 3.8) is 0 Å². The van der Waals surface area contributed by atoms with E-state index in [1.807, 2.05) is 12.1 Å². The monoisotopic (exact) mass is 397 g/mol. The molecule has 132 valence electrons. The van der Waals surface area contributed by atoms with E-state index in [1.54, 1.807) is 19.2 Å². The Labute approximate surface area is 160 Å². The summed E-state index contributed by atoms with van der Waals surface area (Å²) in [7, 11) is 0. The number of aromatic nitrogens is 2. The van der Waals surface area contributed by atoms with Crippen molar-refractivity contribution in [3.05, 3.63) is 45.6 Å². The Hall–Kier alpha value is -1.50. The van der Waals surface area contributed by atoms with Crippen LogP contribution in [0.5, 0.6) is 0 Å². The second-order valence-corrected chi connectivity index (χ2v) is 7.41. The van der Waals surface area contributed by atoms with E-state index in [0.717, 1.165) is 12.1 Å². The lowest BCUT2D eigenvalue weighted by Gasteiger charge is -2.11. The van der Waals surface area contributed by atoms with E-state index in [0.29, 0.717) is 45.0 Å². The fourth-order valence-corrected chi connectivity index (χ4v) is 3.38. The Balaban J connectivity index is 1.77. The molecule has 0 amide bonds. The summed E-state index contributed by atoms with van der Waals surface area (Å²) in [5.41, 5.74) is 1.43. The van der Waals surface area contributed by atoms with Crippen LogP contribution in [0.4, 0.5) is 5.82 Å². The summed E-state index contributed by atoms with van der Waals surface area (Å²) >= 11 is 13.5. The van der Waals surface area contributed by atoms with Crippen LogP contribution in [-0.4, -0.2) is 35.1 Å². The zero-order chi connectivity index (χ0) is 18.0. The molecule has 1 aliphatic rings. The van der Waals surface area contributed by atoms with Crippen molar-refractivity contribution >= 4 is 46.8 Å². The molecule has 0 N–H and O–H groups in total. The van der Waals surface area contributed by atoms with Gasteiger partial charge in [-0.05, 0) is 31.5 Å². The summed E-state index contributed by atoms with van der Waals surface area (Å²) in [5.74, 6) is 0.903. The summed E-state index contributed by atoms with van der Waals surface area (Å²) in [6.45, 7) is 5.06. The van der Waals surface area contributed by atoms with Crippen LogP contribution in [0, 0.1) is 0 Å². The molecule has 1 saturated heterocycles. The van der Waals surface area contributed by atoms with Gasteiger partial charge in [0.15, 0.2) is 5.16 Å². The topological polar surface area (TPSA) is 55.1 Å². The Morgan fingerprint density at radius 2 is 2.16 bits per heavy atom. The molecule has 5 nitrogen and oxygen atoms in total. The van der Waals surface area contributed by atoms with Gasteiger partial charge in [-0.2, -0.15) is 0 Å². The molecule has 2 aromatic rings. The SMILES string of the molecule is CCOC(=O)c1cnc(SCc2ccc(Cl)c(Cl)c2)nc1N1C[C@@H]1C. The van der Waals surface area contributed by atoms with Gasteiger partial charge in [0.25, 0.3) is 0 Å². The highest BCUT2D eigenvalue weighted by molar-refractivity contribution is 7.98. The number of nitrogens with zero attached hydrogens (tertiary/aromatic N) is 3. The number of anilines is 1. The molecular weight excluding hydrogens is 381 g/mol. The summed E-state index contributed by atoms with van der Waals surface area (Å²) < 4.78 is 5.10. The number of ether oxygens (including phenoxy) is 1. The Bertz CT molecular complexity index is 803. The zero-order valence-corrected chi connectivity index (χ0v) is 16.2. The van der Waals surface area contributed by atoms with Crippen molar-refractivity contribution in [2.24, 2.45) is 0 Å². The van der Waals surface area contributed by atoms with Gasteiger partial charge in [-0.3, -0.25) is 0 Å². The van der Waals surface area contributed by atoms with Crippen LogP contribution in [0.3, 0.4) is 0 Å². The first-order valence-corrected chi connectivity index (χ1v) is 9.61. The molecule has 1 fully saturated rings. The van der Waals surface area contributed by atoms with Gasteiger partial charge in [-0.15, -0.1) is 0 Å².